The van der Waals surface area contributed by atoms with Crippen molar-refractivity contribution in [1.82, 2.24) is 0 Å². The Morgan fingerprint density at radius 3 is 1.28 bits per heavy atom. The first-order valence-corrected chi connectivity index (χ1v) is 14.9. The molecule has 192 valence electrons. The summed E-state index contributed by atoms with van der Waals surface area (Å²) < 4.78 is 5.51. The maximum atomic E-state index is 11.9. The highest BCUT2D eigenvalue weighted by Gasteiger charge is 2.07. The van der Waals surface area contributed by atoms with Gasteiger partial charge in [0.15, 0.2) is 0 Å². The molecule has 2 heteroatoms. The number of carbonyl (C=O) groups is 1. The van der Waals surface area contributed by atoms with E-state index in [2.05, 4.69) is 20.8 Å². The van der Waals surface area contributed by atoms with E-state index in [4.69, 9.17) is 4.74 Å². The van der Waals surface area contributed by atoms with Crippen molar-refractivity contribution in [3.63, 3.8) is 0 Å². The van der Waals surface area contributed by atoms with Gasteiger partial charge in [-0.15, -0.1) is 0 Å². The molecule has 0 aliphatic heterocycles. The Bertz CT molecular complexity index is 366. The molecule has 0 amide bonds. The summed E-state index contributed by atoms with van der Waals surface area (Å²) in [6.45, 7) is 7.40. The summed E-state index contributed by atoms with van der Waals surface area (Å²) in [7, 11) is 0. The van der Waals surface area contributed by atoms with E-state index >= 15 is 0 Å². The van der Waals surface area contributed by atoms with Crippen LogP contribution in [0.25, 0.3) is 0 Å². The SMILES string of the molecule is CCCCCCCCCCCCCC(=O)OCC(C)CCCCCCCCCCCCC. The summed E-state index contributed by atoms with van der Waals surface area (Å²) in [5.74, 6) is 0.529. The Morgan fingerprint density at radius 1 is 0.531 bits per heavy atom. The van der Waals surface area contributed by atoms with Crippen LogP contribution in [0.3, 0.4) is 0 Å². The molecule has 1 atom stereocenters. The fraction of sp³-hybridized carbons (Fsp3) is 0.967. The topological polar surface area (TPSA) is 26.3 Å². The smallest absolute Gasteiger partial charge is 0.305 e. The van der Waals surface area contributed by atoms with Crippen LogP contribution < -0.4 is 0 Å². The van der Waals surface area contributed by atoms with E-state index in [0.29, 0.717) is 18.9 Å². The van der Waals surface area contributed by atoms with Crippen molar-refractivity contribution in [2.45, 2.75) is 175 Å². The van der Waals surface area contributed by atoms with E-state index in [1.165, 1.54) is 141 Å². The second-order valence-corrected chi connectivity index (χ2v) is 10.4. The van der Waals surface area contributed by atoms with Gasteiger partial charge in [0.05, 0.1) is 6.61 Å². The molecule has 0 bridgehead atoms. The molecule has 0 heterocycles. The minimum Gasteiger partial charge on any atom is -0.465 e. The number of esters is 1. The highest BCUT2D eigenvalue weighted by Crippen LogP contribution is 2.15. The lowest BCUT2D eigenvalue weighted by molar-refractivity contribution is -0.145. The molecule has 0 aliphatic carbocycles. The first-order chi connectivity index (χ1) is 15.7. The van der Waals surface area contributed by atoms with E-state index in [-0.39, 0.29) is 5.97 Å². The van der Waals surface area contributed by atoms with E-state index in [1.807, 2.05) is 0 Å². The van der Waals surface area contributed by atoms with E-state index in [9.17, 15) is 4.79 Å². The minimum absolute atomic E-state index is 0.0201. The summed E-state index contributed by atoms with van der Waals surface area (Å²) in [5, 5.41) is 0. The van der Waals surface area contributed by atoms with Gasteiger partial charge in [0.25, 0.3) is 0 Å². The normalized spacial score (nSPS) is 12.2. The molecule has 0 saturated carbocycles. The van der Waals surface area contributed by atoms with Crippen molar-refractivity contribution in [3.05, 3.63) is 0 Å². The van der Waals surface area contributed by atoms with Crippen LogP contribution in [0.1, 0.15) is 175 Å². The molecule has 0 saturated heterocycles. The lowest BCUT2D eigenvalue weighted by Crippen LogP contribution is -2.11. The summed E-state index contributed by atoms with van der Waals surface area (Å²) in [6.07, 6.45) is 31.6. The monoisotopic (exact) mass is 452 g/mol. The lowest BCUT2D eigenvalue weighted by atomic mass is 10.0. The van der Waals surface area contributed by atoms with Crippen molar-refractivity contribution in [1.29, 1.82) is 0 Å². The van der Waals surface area contributed by atoms with Gasteiger partial charge < -0.3 is 4.74 Å². The van der Waals surface area contributed by atoms with Gasteiger partial charge in [-0.3, -0.25) is 4.79 Å². The second-order valence-electron chi connectivity index (χ2n) is 10.4. The van der Waals surface area contributed by atoms with Crippen LogP contribution in [-0.2, 0) is 9.53 Å². The van der Waals surface area contributed by atoms with Crippen molar-refractivity contribution >= 4 is 5.97 Å². The zero-order valence-electron chi connectivity index (χ0n) is 22.6. The molecule has 0 radical (unpaired) electrons. The fourth-order valence-corrected chi connectivity index (χ4v) is 4.48. The zero-order chi connectivity index (χ0) is 23.5. The average molecular weight is 453 g/mol. The lowest BCUT2D eigenvalue weighted by Gasteiger charge is -2.12. The number of rotatable bonds is 26. The predicted octanol–water partition coefficient (Wildman–Crippen LogP) is 10.6. The standard InChI is InChI=1S/C30H60O2/c1-4-6-8-10-12-14-16-18-20-22-24-26-29(3)28-32-30(31)27-25-23-21-19-17-15-13-11-9-7-5-2/h29H,4-28H2,1-3H3. The number of hydrogen-bond acceptors (Lipinski definition) is 2. The molecule has 0 aliphatic rings. The number of unbranched alkanes of at least 4 members (excludes halogenated alkanes) is 20. The predicted molar refractivity (Wildman–Crippen MR) is 142 cm³/mol. The second kappa shape index (κ2) is 26.7. The van der Waals surface area contributed by atoms with Gasteiger partial charge in [-0.05, 0) is 18.8 Å². The van der Waals surface area contributed by atoms with Crippen LogP contribution in [0.2, 0.25) is 0 Å². The first kappa shape index (κ1) is 31.5. The first-order valence-electron chi connectivity index (χ1n) is 14.9. The van der Waals surface area contributed by atoms with Crippen LogP contribution in [0, 0.1) is 5.92 Å². The van der Waals surface area contributed by atoms with Gasteiger partial charge >= 0.3 is 5.97 Å². The molecule has 2 nitrogen and oxygen atoms in total. The van der Waals surface area contributed by atoms with Crippen molar-refractivity contribution in [2.24, 2.45) is 5.92 Å². The zero-order valence-corrected chi connectivity index (χ0v) is 22.6. The maximum Gasteiger partial charge on any atom is 0.305 e. The third kappa shape index (κ3) is 25.7. The molecule has 0 aromatic heterocycles. The van der Waals surface area contributed by atoms with Gasteiger partial charge in [-0.2, -0.15) is 0 Å². The molecule has 0 aromatic rings. The molecular weight excluding hydrogens is 392 g/mol. The summed E-state index contributed by atoms with van der Waals surface area (Å²) in [4.78, 5) is 11.9. The van der Waals surface area contributed by atoms with Crippen LogP contribution in [0.15, 0.2) is 0 Å². The van der Waals surface area contributed by atoms with Crippen molar-refractivity contribution in [3.8, 4) is 0 Å². The highest BCUT2D eigenvalue weighted by atomic mass is 16.5. The Labute approximate surface area is 203 Å². The minimum atomic E-state index is 0.0201. The molecule has 0 aromatic carbocycles. The van der Waals surface area contributed by atoms with Crippen molar-refractivity contribution < 1.29 is 9.53 Å². The van der Waals surface area contributed by atoms with Gasteiger partial charge in [0.1, 0.15) is 0 Å². The van der Waals surface area contributed by atoms with Crippen molar-refractivity contribution in [2.75, 3.05) is 6.61 Å². The summed E-state index contributed by atoms with van der Waals surface area (Å²) in [6, 6.07) is 0. The fourth-order valence-electron chi connectivity index (χ4n) is 4.48. The average Bonchev–Trinajstić information content (AvgIpc) is 2.79. The molecular formula is C30H60O2. The molecule has 1 unspecified atom stereocenters. The molecule has 0 fully saturated rings. The summed E-state index contributed by atoms with van der Waals surface area (Å²) >= 11 is 0. The number of ether oxygens (including phenoxy) is 1. The molecule has 0 rings (SSSR count). The quantitative estimate of drug-likeness (QED) is 0.0963. The van der Waals surface area contributed by atoms with Gasteiger partial charge in [-0.25, -0.2) is 0 Å². The van der Waals surface area contributed by atoms with Crippen LogP contribution in [0.5, 0.6) is 0 Å². The van der Waals surface area contributed by atoms with Gasteiger partial charge in [0.2, 0.25) is 0 Å². The van der Waals surface area contributed by atoms with Gasteiger partial charge in [-0.1, -0.05) is 156 Å². The van der Waals surface area contributed by atoms with E-state index in [0.717, 1.165) is 6.42 Å². The maximum absolute atomic E-state index is 11.9. The Kier molecular flexibility index (Phi) is 26.3. The third-order valence-electron chi connectivity index (χ3n) is 6.81. The summed E-state index contributed by atoms with van der Waals surface area (Å²) in [5.41, 5.74) is 0. The van der Waals surface area contributed by atoms with Crippen LogP contribution in [-0.4, -0.2) is 12.6 Å². The third-order valence-corrected chi connectivity index (χ3v) is 6.81. The van der Waals surface area contributed by atoms with E-state index < -0.39 is 0 Å². The largest absolute Gasteiger partial charge is 0.465 e. The highest BCUT2D eigenvalue weighted by molar-refractivity contribution is 5.69. The van der Waals surface area contributed by atoms with E-state index in [1.54, 1.807) is 0 Å². The van der Waals surface area contributed by atoms with Crippen LogP contribution in [0.4, 0.5) is 0 Å². The molecule has 32 heavy (non-hydrogen) atoms. The Hall–Kier alpha value is -0.530. The molecule has 0 spiro atoms. The number of hydrogen-bond donors (Lipinski definition) is 0. The Balaban J connectivity index is 3.29. The number of carbonyl (C=O) groups excluding carboxylic acids is 1. The Morgan fingerprint density at radius 2 is 0.875 bits per heavy atom. The van der Waals surface area contributed by atoms with Gasteiger partial charge in [0, 0.05) is 6.42 Å². The van der Waals surface area contributed by atoms with Crippen LogP contribution >= 0.6 is 0 Å². The molecule has 0 N–H and O–H groups in total.